The van der Waals surface area contributed by atoms with Crippen LogP contribution in [0.5, 0.6) is 5.75 Å². The van der Waals surface area contributed by atoms with Gasteiger partial charge >= 0.3 is 12.1 Å². The average molecular weight is 543 g/mol. The second-order valence-electron chi connectivity index (χ2n) is 9.36. The van der Waals surface area contributed by atoms with Gasteiger partial charge in [0.2, 0.25) is 0 Å². The van der Waals surface area contributed by atoms with E-state index in [1.54, 1.807) is 51.1 Å². The number of Topliss-reactive ketones (excluding diaryl/α,β-unsaturated/α-hetero) is 1. The number of halogens is 2. The van der Waals surface area contributed by atoms with Crippen molar-refractivity contribution in [3.63, 3.8) is 0 Å². The van der Waals surface area contributed by atoms with Gasteiger partial charge in [-0.25, -0.2) is 19.0 Å². The van der Waals surface area contributed by atoms with Gasteiger partial charge in [-0.15, -0.1) is 0 Å². The number of carbonyl (C=O) groups is 3. The van der Waals surface area contributed by atoms with Crippen LogP contribution in [0.1, 0.15) is 58.8 Å². The van der Waals surface area contributed by atoms with E-state index < -0.39 is 35.2 Å². The monoisotopic (exact) mass is 542 g/mol. The van der Waals surface area contributed by atoms with E-state index in [4.69, 9.17) is 25.8 Å². The van der Waals surface area contributed by atoms with Gasteiger partial charge in [0.05, 0.1) is 25.8 Å². The summed E-state index contributed by atoms with van der Waals surface area (Å²) in [4.78, 5) is 42.8. The Morgan fingerprint density at radius 1 is 1.05 bits per heavy atom. The molecule has 0 fully saturated rings. The van der Waals surface area contributed by atoms with Crippen molar-refractivity contribution in [2.24, 2.45) is 0 Å². The molecule has 0 radical (unpaired) electrons. The van der Waals surface area contributed by atoms with Crippen LogP contribution in [-0.2, 0) is 15.9 Å². The smallest absolute Gasteiger partial charge is 0.412 e. The Kier molecular flexibility index (Phi) is 9.06. The lowest BCUT2D eigenvalue weighted by molar-refractivity contribution is 0.0591. The molecule has 0 aliphatic heterocycles. The number of carbonyl (C=O) groups excluding carboxylic acids is 3. The zero-order valence-corrected chi connectivity index (χ0v) is 22.4. The van der Waals surface area contributed by atoms with Gasteiger partial charge in [0.15, 0.2) is 5.78 Å². The fourth-order valence-electron chi connectivity index (χ4n) is 3.75. The number of aromatic nitrogens is 1. The summed E-state index contributed by atoms with van der Waals surface area (Å²) >= 11 is 6.03. The van der Waals surface area contributed by atoms with E-state index >= 15 is 0 Å². The first-order chi connectivity index (χ1) is 17.9. The summed E-state index contributed by atoms with van der Waals surface area (Å²) in [6.45, 7) is 5.16. The lowest BCUT2D eigenvalue weighted by Gasteiger charge is -2.23. The highest BCUT2D eigenvalue weighted by Crippen LogP contribution is 2.34. The topological polar surface area (TPSA) is 104 Å². The maximum absolute atomic E-state index is 14.2. The molecule has 38 heavy (non-hydrogen) atoms. The molecule has 3 aromatic rings. The molecule has 1 aromatic heterocycles. The molecule has 0 bridgehead atoms. The number of nitrogens with zero attached hydrogens (tertiary/aromatic N) is 1. The number of rotatable bonds is 8. The summed E-state index contributed by atoms with van der Waals surface area (Å²) < 4.78 is 29.6. The van der Waals surface area contributed by atoms with Gasteiger partial charge in [0, 0.05) is 28.8 Å². The molecule has 0 aliphatic carbocycles. The quantitative estimate of drug-likeness (QED) is 0.266. The van der Waals surface area contributed by atoms with Gasteiger partial charge in [0.1, 0.15) is 22.9 Å². The maximum Gasteiger partial charge on any atom is 0.412 e. The van der Waals surface area contributed by atoms with Crippen LogP contribution in [-0.4, -0.2) is 42.7 Å². The predicted octanol–water partition coefficient (Wildman–Crippen LogP) is 6.23. The van der Waals surface area contributed by atoms with Crippen LogP contribution in [0, 0.1) is 5.82 Å². The summed E-state index contributed by atoms with van der Waals surface area (Å²) in [6.07, 6.45) is -0.731. The fourth-order valence-corrected chi connectivity index (χ4v) is 3.97. The Hall–Kier alpha value is -3.98. The molecule has 1 N–H and O–H groups in total. The molecular weight excluding hydrogens is 515 g/mol. The lowest BCUT2D eigenvalue weighted by Crippen LogP contribution is -2.28. The first-order valence-electron chi connectivity index (χ1n) is 11.6. The number of ether oxygens (including phenoxy) is 3. The van der Waals surface area contributed by atoms with E-state index in [0.29, 0.717) is 17.0 Å². The number of esters is 1. The molecule has 2 aromatic carbocycles. The number of benzene rings is 2. The molecule has 0 spiro atoms. The lowest BCUT2D eigenvalue weighted by atomic mass is 9.85. The summed E-state index contributed by atoms with van der Waals surface area (Å²) in [5.74, 6) is -2.33. The van der Waals surface area contributed by atoms with E-state index in [1.807, 2.05) is 0 Å². The van der Waals surface area contributed by atoms with Gasteiger partial charge in [-0.3, -0.25) is 10.1 Å². The number of ketones is 1. The van der Waals surface area contributed by atoms with Gasteiger partial charge < -0.3 is 14.2 Å². The number of hydrogen-bond donors (Lipinski definition) is 1. The normalized spacial score (nSPS) is 11.9. The zero-order chi connectivity index (χ0) is 28.0. The highest BCUT2D eigenvalue weighted by molar-refractivity contribution is 6.31. The summed E-state index contributed by atoms with van der Waals surface area (Å²) in [6, 6.07) is 13.1. The third-order valence-electron chi connectivity index (χ3n) is 5.35. The van der Waals surface area contributed by atoms with Crippen LogP contribution in [0.4, 0.5) is 14.9 Å². The van der Waals surface area contributed by atoms with Gasteiger partial charge in [-0.2, -0.15) is 0 Å². The molecule has 0 saturated heterocycles. The van der Waals surface area contributed by atoms with E-state index in [-0.39, 0.29) is 28.4 Å². The maximum atomic E-state index is 14.2. The molecule has 200 valence electrons. The van der Waals surface area contributed by atoms with Crippen molar-refractivity contribution in [2.45, 2.75) is 38.7 Å². The molecule has 10 heteroatoms. The van der Waals surface area contributed by atoms with Crippen LogP contribution < -0.4 is 10.1 Å². The number of methoxy groups -OCH3 is 2. The molecule has 1 unspecified atom stereocenters. The zero-order valence-electron chi connectivity index (χ0n) is 21.6. The fraction of sp³-hybridized carbons (Fsp3) is 0.286. The second-order valence-corrected chi connectivity index (χ2v) is 9.80. The van der Waals surface area contributed by atoms with E-state index in [0.717, 1.165) is 12.1 Å². The van der Waals surface area contributed by atoms with Crippen LogP contribution in [0.15, 0.2) is 54.6 Å². The van der Waals surface area contributed by atoms with E-state index in [2.05, 4.69) is 10.3 Å². The molecule has 0 saturated carbocycles. The largest absolute Gasteiger partial charge is 0.497 e. The SMILES string of the molecule is COC(=O)c1cccc(CC(C(=O)c2cc(F)cc(Cl)c2)c2ccc(OC)cc2NC(=O)OC(C)(C)C)n1. The predicted molar refractivity (Wildman–Crippen MR) is 141 cm³/mol. The Morgan fingerprint density at radius 2 is 1.79 bits per heavy atom. The van der Waals surface area contributed by atoms with Crippen molar-refractivity contribution in [3.8, 4) is 5.75 Å². The Bertz CT molecular complexity index is 1340. The Balaban J connectivity index is 2.13. The third kappa shape index (κ3) is 7.52. The number of hydrogen-bond acceptors (Lipinski definition) is 7. The number of amides is 1. The number of pyridine rings is 1. The molecule has 3 rings (SSSR count). The molecule has 1 heterocycles. The van der Waals surface area contributed by atoms with Gasteiger partial charge in [-0.1, -0.05) is 23.7 Å². The van der Waals surface area contributed by atoms with Crippen LogP contribution in [0.3, 0.4) is 0 Å². The summed E-state index contributed by atoms with van der Waals surface area (Å²) in [5, 5.41) is 2.74. The van der Waals surface area contributed by atoms with Crippen molar-refractivity contribution < 1.29 is 33.0 Å². The second kappa shape index (κ2) is 12.0. The van der Waals surface area contributed by atoms with Crippen molar-refractivity contribution in [1.29, 1.82) is 0 Å². The highest BCUT2D eigenvalue weighted by atomic mass is 35.5. The summed E-state index contributed by atoms with van der Waals surface area (Å²) in [7, 11) is 2.70. The molecular formula is C28H28ClFN2O6. The van der Waals surface area contributed by atoms with Crippen molar-refractivity contribution >= 4 is 35.1 Å². The van der Waals surface area contributed by atoms with Crippen LogP contribution >= 0.6 is 11.6 Å². The van der Waals surface area contributed by atoms with Crippen LogP contribution in [0.2, 0.25) is 5.02 Å². The number of anilines is 1. The van der Waals surface area contributed by atoms with Crippen molar-refractivity contribution in [2.75, 3.05) is 19.5 Å². The van der Waals surface area contributed by atoms with Gasteiger partial charge in [0.25, 0.3) is 0 Å². The summed E-state index contributed by atoms with van der Waals surface area (Å²) in [5.41, 5.74) is 0.369. The average Bonchev–Trinajstić information content (AvgIpc) is 2.85. The highest BCUT2D eigenvalue weighted by Gasteiger charge is 2.28. The van der Waals surface area contributed by atoms with E-state index in [1.165, 1.54) is 26.4 Å². The molecule has 8 nitrogen and oxygen atoms in total. The molecule has 1 amide bonds. The van der Waals surface area contributed by atoms with Crippen LogP contribution in [0.25, 0.3) is 0 Å². The minimum Gasteiger partial charge on any atom is -0.497 e. The first kappa shape index (κ1) is 28.6. The Morgan fingerprint density at radius 3 is 2.42 bits per heavy atom. The standard InChI is InChI=1S/C28H28ClFN2O6/c1-28(2,3)38-27(35)32-24-15-20(36-4)9-10-21(24)22(25(33)16-11-17(29)13-18(30)12-16)14-19-7-6-8-23(31-19)26(34)37-5/h6-13,15,22H,14H2,1-5H3,(H,32,35). The first-order valence-corrected chi connectivity index (χ1v) is 12.0. The van der Waals surface area contributed by atoms with Crippen molar-refractivity contribution in [3.05, 3.63) is 88.0 Å². The molecule has 0 aliphatic rings. The third-order valence-corrected chi connectivity index (χ3v) is 5.57. The number of nitrogens with one attached hydrogen (secondary N) is 1. The molecule has 1 atom stereocenters. The minimum atomic E-state index is -0.968. The minimum absolute atomic E-state index is 0.00707. The van der Waals surface area contributed by atoms with Crippen molar-refractivity contribution in [1.82, 2.24) is 4.98 Å². The Labute approximate surface area is 225 Å². The van der Waals surface area contributed by atoms with E-state index in [9.17, 15) is 18.8 Å². The van der Waals surface area contributed by atoms with Gasteiger partial charge in [-0.05, 0) is 62.7 Å².